The van der Waals surface area contributed by atoms with Crippen molar-refractivity contribution >= 4 is 5.91 Å². The Morgan fingerprint density at radius 3 is 2.48 bits per heavy atom. The van der Waals surface area contributed by atoms with Crippen LogP contribution >= 0.6 is 0 Å². The molecule has 0 bridgehead atoms. The molecule has 116 valence electrons. The maximum atomic E-state index is 12.7. The molecule has 1 amide bonds. The van der Waals surface area contributed by atoms with Crippen molar-refractivity contribution in [3.05, 3.63) is 23.8 Å². The van der Waals surface area contributed by atoms with E-state index in [9.17, 15) is 4.79 Å². The zero-order chi connectivity index (χ0) is 15.2. The number of piperidine rings is 1. The molecule has 21 heavy (non-hydrogen) atoms. The summed E-state index contributed by atoms with van der Waals surface area (Å²) in [6.07, 6.45) is 2.15. The fraction of sp³-hybridized carbons (Fsp3) is 0.588. The third-order valence-corrected chi connectivity index (χ3v) is 3.87. The number of ether oxygens (including phenoxy) is 2. The number of nitrogens with zero attached hydrogens (tertiary/aromatic N) is 1. The highest BCUT2D eigenvalue weighted by atomic mass is 16.5. The fourth-order valence-electron chi connectivity index (χ4n) is 2.59. The number of hydrogen-bond acceptors (Lipinski definition) is 3. The van der Waals surface area contributed by atoms with Crippen LogP contribution in [0.3, 0.4) is 0 Å². The average molecular weight is 291 g/mol. The average Bonchev–Trinajstić information content (AvgIpc) is 2.48. The molecule has 0 aliphatic carbocycles. The zero-order valence-electron chi connectivity index (χ0n) is 13.2. The Morgan fingerprint density at radius 1 is 1.19 bits per heavy atom. The van der Waals surface area contributed by atoms with Crippen molar-refractivity contribution < 1.29 is 14.3 Å². The Labute approximate surface area is 127 Å². The molecule has 0 aromatic heterocycles. The van der Waals surface area contributed by atoms with Crippen molar-refractivity contribution in [2.45, 2.75) is 33.6 Å². The molecule has 0 unspecified atom stereocenters. The molecule has 1 aromatic carbocycles. The molecule has 4 nitrogen and oxygen atoms in total. The molecule has 1 heterocycles. The monoisotopic (exact) mass is 291 g/mol. The summed E-state index contributed by atoms with van der Waals surface area (Å²) in [5.41, 5.74) is 0.634. The summed E-state index contributed by atoms with van der Waals surface area (Å²) in [6.45, 7) is 8.90. The second kappa shape index (κ2) is 7.34. The summed E-state index contributed by atoms with van der Waals surface area (Å²) in [7, 11) is 0. The van der Waals surface area contributed by atoms with E-state index in [1.54, 1.807) is 0 Å². The van der Waals surface area contributed by atoms with Gasteiger partial charge in [0.1, 0.15) is 11.5 Å². The van der Waals surface area contributed by atoms with Crippen molar-refractivity contribution in [3.63, 3.8) is 0 Å². The molecule has 4 heteroatoms. The van der Waals surface area contributed by atoms with E-state index in [-0.39, 0.29) is 5.91 Å². The van der Waals surface area contributed by atoms with Crippen LogP contribution in [0.2, 0.25) is 0 Å². The molecular formula is C17H25NO3. The Kier molecular flexibility index (Phi) is 5.48. The van der Waals surface area contributed by atoms with Gasteiger partial charge in [-0.1, -0.05) is 6.92 Å². The number of hydrogen-bond donors (Lipinski definition) is 0. The van der Waals surface area contributed by atoms with Crippen LogP contribution in [0.5, 0.6) is 11.5 Å². The Balaban J connectivity index is 2.18. The van der Waals surface area contributed by atoms with Gasteiger partial charge in [0.05, 0.1) is 18.8 Å². The molecule has 0 spiro atoms. The highest BCUT2D eigenvalue weighted by Crippen LogP contribution is 2.28. The minimum atomic E-state index is 0.0633. The van der Waals surface area contributed by atoms with Crippen LogP contribution in [0.4, 0.5) is 0 Å². The second-order valence-electron chi connectivity index (χ2n) is 5.50. The quantitative estimate of drug-likeness (QED) is 0.835. The minimum Gasteiger partial charge on any atom is -0.494 e. The van der Waals surface area contributed by atoms with Crippen molar-refractivity contribution in [1.82, 2.24) is 4.90 Å². The maximum Gasteiger partial charge on any atom is 0.257 e. The van der Waals surface area contributed by atoms with Gasteiger partial charge in [-0.2, -0.15) is 0 Å². The van der Waals surface area contributed by atoms with Crippen LogP contribution in [-0.2, 0) is 0 Å². The van der Waals surface area contributed by atoms with E-state index in [0.717, 1.165) is 31.7 Å². The molecule has 1 aliphatic heterocycles. The molecule has 2 rings (SSSR count). The van der Waals surface area contributed by atoms with E-state index in [1.807, 2.05) is 36.9 Å². The van der Waals surface area contributed by atoms with Crippen LogP contribution in [-0.4, -0.2) is 37.1 Å². The van der Waals surface area contributed by atoms with Gasteiger partial charge in [0.2, 0.25) is 0 Å². The van der Waals surface area contributed by atoms with E-state index in [1.165, 1.54) is 0 Å². The Bertz CT molecular complexity index is 479. The Morgan fingerprint density at radius 2 is 1.86 bits per heavy atom. The topological polar surface area (TPSA) is 38.8 Å². The Hall–Kier alpha value is -1.71. The van der Waals surface area contributed by atoms with Crippen molar-refractivity contribution in [3.8, 4) is 11.5 Å². The van der Waals surface area contributed by atoms with Gasteiger partial charge < -0.3 is 14.4 Å². The lowest BCUT2D eigenvalue weighted by Gasteiger charge is -2.30. The van der Waals surface area contributed by atoms with Crippen LogP contribution in [0.25, 0.3) is 0 Å². The minimum absolute atomic E-state index is 0.0633. The number of rotatable bonds is 5. The van der Waals surface area contributed by atoms with Crippen molar-refractivity contribution in [2.75, 3.05) is 26.3 Å². The van der Waals surface area contributed by atoms with Crippen LogP contribution in [0, 0.1) is 5.92 Å². The van der Waals surface area contributed by atoms with E-state index in [0.29, 0.717) is 30.4 Å². The molecular weight excluding hydrogens is 266 g/mol. The predicted molar refractivity (Wildman–Crippen MR) is 83.1 cm³/mol. The molecule has 0 N–H and O–H groups in total. The summed E-state index contributed by atoms with van der Waals surface area (Å²) >= 11 is 0. The summed E-state index contributed by atoms with van der Waals surface area (Å²) in [5.74, 6) is 2.13. The predicted octanol–water partition coefficient (Wildman–Crippen LogP) is 3.36. The van der Waals surface area contributed by atoms with Gasteiger partial charge in [-0.3, -0.25) is 4.79 Å². The summed E-state index contributed by atoms with van der Waals surface area (Å²) in [6, 6.07) is 5.47. The molecule has 1 fully saturated rings. The van der Waals surface area contributed by atoms with Crippen LogP contribution < -0.4 is 9.47 Å². The largest absolute Gasteiger partial charge is 0.494 e. The molecule has 0 saturated carbocycles. The maximum absolute atomic E-state index is 12.7. The van der Waals surface area contributed by atoms with Crippen molar-refractivity contribution in [1.29, 1.82) is 0 Å². The van der Waals surface area contributed by atoms with Gasteiger partial charge in [0.15, 0.2) is 0 Å². The highest BCUT2D eigenvalue weighted by molar-refractivity contribution is 5.97. The standard InChI is InChI=1S/C17H25NO3/c1-4-20-14-6-7-15(16(12-14)21-5-2)17(19)18-10-8-13(3)9-11-18/h6-7,12-13H,4-5,8-11H2,1-3H3. The lowest BCUT2D eigenvalue weighted by molar-refractivity contribution is 0.0693. The molecule has 1 aromatic rings. The molecule has 1 aliphatic rings. The highest BCUT2D eigenvalue weighted by Gasteiger charge is 2.24. The van der Waals surface area contributed by atoms with Crippen LogP contribution in [0.15, 0.2) is 18.2 Å². The first-order valence-electron chi connectivity index (χ1n) is 7.84. The van der Waals surface area contributed by atoms with Gasteiger partial charge >= 0.3 is 0 Å². The van der Waals surface area contributed by atoms with Gasteiger partial charge in [0, 0.05) is 19.2 Å². The van der Waals surface area contributed by atoms with Gasteiger partial charge in [-0.25, -0.2) is 0 Å². The third kappa shape index (κ3) is 3.90. The number of carbonyl (C=O) groups excluding carboxylic acids is 1. The summed E-state index contributed by atoms with van der Waals surface area (Å²) in [4.78, 5) is 14.6. The van der Waals surface area contributed by atoms with E-state index < -0.39 is 0 Å². The van der Waals surface area contributed by atoms with E-state index in [4.69, 9.17) is 9.47 Å². The van der Waals surface area contributed by atoms with Gasteiger partial charge in [0.25, 0.3) is 5.91 Å². The normalized spacial score (nSPS) is 15.9. The zero-order valence-corrected chi connectivity index (χ0v) is 13.2. The third-order valence-electron chi connectivity index (χ3n) is 3.87. The molecule has 0 radical (unpaired) electrons. The SMILES string of the molecule is CCOc1ccc(C(=O)N2CCC(C)CC2)c(OCC)c1. The van der Waals surface area contributed by atoms with E-state index >= 15 is 0 Å². The number of benzene rings is 1. The molecule has 0 atom stereocenters. The van der Waals surface area contributed by atoms with Crippen molar-refractivity contribution in [2.24, 2.45) is 5.92 Å². The number of amides is 1. The lowest BCUT2D eigenvalue weighted by atomic mass is 9.98. The fourth-order valence-corrected chi connectivity index (χ4v) is 2.59. The summed E-state index contributed by atoms with van der Waals surface area (Å²) in [5, 5.41) is 0. The van der Waals surface area contributed by atoms with E-state index in [2.05, 4.69) is 6.92 Å². The first-order chi connectivity index (χ1) is 10.2. The summed E-state index contributed by atoms with van der Waals surface area (Å²) < 4.78 is 11.1. The smallest absolute Gasteiger partial charge is 0.257 e. The molecule has 1 saturated heterocycles. The number of likely N-dealkylation sites (tertiary alicyclic amines) is 1. The second-order valence-corrected chi connectivity index (χ2v) is 5.50. The van der Waals surface area contributed by atoms with Gasteiger partial charge in [-0.05, 0) is 44.7 Å². The van der Waals surface area contributed by atoms with Crippen LogP contribution in [0.1, 0.15) is 44.0 Å². The van der Waals surface area contributed by atoms with Gasteiger partial charge in [-0.15, -0.1) is 0 Å². The first kappa shape index (κ1) is 15.7. The lowest BCUT2D eigenvalue weighted by Crippen LogP contribution is -2.38. The number of carbonyl (C=O) groups is 1. The first-order valence-corrected chi connectivity index (χ1v) is 7.84.